The fourth-order valence-electron chi connectivity index (χ4n) is 3.84. The molecule has 0 aliphatic carbocycles. The van der Waals surface area contributed by atoms with E-state index >= 15 is 0 Å². The molecule has 1 atom stereocenters. The zero-order chi connectivity index (χ0) is 19.3. The van der Waals surface area contributed by atoms with Gasteiger partial charge in [0.1, 0.15) is 11.4 Å². The molecule has 0 fully saturated rings. The summed E-state index contributed by atoms with van der Waals surface area (Å²) >= 11 is 0. The lowest BCUT2D eigenvalue weighted by Gasteiger charge is -2.26. The number of rotatable bonds is 3. The number of aryl methyl sites for hydroxylation is 1. The van der Waals surface area contributed by atoms with Crippen molar-refractivity contribution in [3.05, 3.63) is 45.1 Å². The molecule has 0 amide bonds. The van der Waals surface area contributed by atoms with Gasteiger partial charge in [-0.05, 0) is 31.2 Å². The first-order valence-corrected chi connectivity index (χ1v) is 9.13. The minimum absolute atomic E-state index is 0.248. The number of methoxy groups -OCH3 is 1. The third-order valence-electron chi connectivity index (χ3n) is 5.23. The zero-order valence-corrected chi connectivity index (χ0v) is 16.0. The van der Waals surface area contributed by atoms with E-state index in [1.165, 1.54) is 9.13 Å². The van der Waals surface area contributed by atoms with Crippen LogP contribution in [0.3, 0.4) is 0 Å². The van der Waals surface area contributed by atoms with Crippen LogP contribution in [0.1, 0.15) is 13.8 Å². The summed E-state index contributed by atoms with van der Waals surface area (Å²) in [7, 11) is 3.34. The largest absolute Gasteiger partial charge is 0.497 e. The van der Waals surface area contributed by atoms with Crippen LogP contribution in [0.25, 0.3) is 11.2 Å². The minimum Gasteiger partial charge on any atom is -0.497 e. The average Bonchev–Trinajstić information content (AvgIpc) is 3.06. The Balaban J connectivity index is 1.98. The van der Waals surface area contributed by atoms with Crippen LogP contribution in [0.5, 0.6) is 5.75 Å². The molecule has 1 aliphatic heterocycles. The van der Waals surface area contributed by atoms with Gasteiger partial charge in [-0.2, -0.15) is 0 Å². The van der Waals surface area contributed by atoms with Gasteiger partial charge in [-0.25, -0.2) is 19.2 Å². The van der Waals surface area contributed by atoms with Crippen LogP contribution >= 0.6 is 0 Å². The average molecular weight is 370 g/mol. The molecule has 1 aliphatic rings. The van der Waals surface area contributed by atoms with Crippen LogP contribution in [0.15, 0.2) is 33.9 Å². The molecule has 0 radical (unpaired) electrons. The number of nitrogens with zero attached hydrogens (tertiary/aromatic N) is 4. The van der Waals surface area contributed by atoms with Crippen LogP contribution in [0.2, 0.25) is 0 Å². The molecule has 0 saturated heterocycles. The maximum atomic E-state index is 13.0. The number of anilines is 2. The lowest BCUT2D eigenvalue weighted by Crippen LogP contribution is -2.52. The Bertz CT molecular complexity index is 1120. The van der Waals surface area contributed by atoms with Crippen LogP contribution in [0, 0.1) is 5.92 Å². The number of aromatic nitrogens is 4. The number of aromatic amines is 1. The molecule has 0 spiro atoms. The van der Waals surface area contributed by atoms with Crippen LogP contribution in [-0.4, -0.2) is 27.8 Å². The van der Waals surface area contributed by atoms with Crippen molar-refractivity contribution >= 4 is 22.8 Å². The number of H-pyrrole nitrogens is 1. The van der Waals surface area contributed by atoms with Gasteiger partial charge >= 0.3 is 11.6 Å². The highest BCUT2D eigenvalue weighted by Gasteiger charge is 2.35. The third-order valence-corrected chi connectivity index (χ3v) is 5.23. The molecule has 0 bridgehead atoms. The molecular weight excluding hydrogens is 346 g/mol. The Kier molecular flexibility index (Phi) is 4.05. The SMILES string of the molecule is CCn1c(=O)c2c([nH]c3[n+]2C[C@H](C)CN3c2ccc(OC)cc2)n(C)c1=O. The molecule has 4 rings (SSSR count). The predicted octanol–water partition coefficient (Wildman–Crippen LogP) is 1.13. The number of hydrogen-bond donors (Lipinski definition) is 1. The highest BCUT2D eigenvalue weighted by Crippen LogP contribution is 2.29. The second kappa shape index (κ2) is 6.29. The van der Waals surface area contributed by atoms with Gasteiger partial charge in [0.25, 0.3) is 5.56 Å². The van der Waals surface area contributed by atoms with E-state index in [1.54, 1.807) is 14.2 Å². The number of hydrogen-bond acceptors (Lipinski definition) is 4. The molecule has 8 nitrogen and oxygen atoms in total. The summed E-state index contributed by atoms with van der Waals surface area (Å²) in [6, 6.07) is 7.83. The molecule has 3 aromatic rings. The highest BCUT2D eigenvalue weighted by molar-refractivity contribution is 5.70. The number of benzene rings is 1. The van der Waals surface area contributed by atoms with E-state index in [-0.39, 0.29) is 11.2 Å². The van der Waals surface area contributed by atoms with Gasteiger partial charge in [0, 0.05) is 19.5 Å². The van der Waals surface area contributed by atoms with Gasteiger partial charge in [-0.3, -0.25) is 13.9 Å². The molecule has 27 heavy (non-hydrogen) atoms. The summed E-state index contributed by atoms with van der Waals surface area (Å²) in [6.07, 6.45) is 0. The lowest BCUT2D eigenvalue weighted by atomic mass is 10.1. The number of imidazole rings is 1. The molecule has 0 saturated carbocycles. The maximum Gasteiger partial charge on any atom is 0.364 e. The Labute approximate surface area is 156 Å². The molecule has 2 aromatic heterocycles. The minimum atomic E-state index is -0.307. The summed E-state index contributed by atoms with van der Waals surface area (Å²) in [4.78, 5) is 30.9. The molecule has 142 valence electrons. The van der Waals surface area contributed by atoms with Gasteiger partial charge < -0.3 is 4.74 Å². The quantitative estimate of drug-likeness (QED) is 0.702. The fourth-order valence-corrected chi connectivity index (χ4v) is 3.84. The smallest absolute Gasteiger partial charge is 0.364 e. The van der Waals surface area contributed by atoms with Crippen LogP contribution in [0.4, 0.5) is 11.6 Å². The van der Waals surface area contributed by atoms with Gasteiger partial charge in [0.05, 0.1) is 20.2 Å². The van der Waals surface area contributed by atoms with Crippen molar-refractivity contribution in [3.63, 3.8) is 0 Å². The van der Waals surface area contributed by atoms with E-state index in [0.29, 0.717) is 23.6 Å². The normalized spacial score (nSPS) is 16.6. The second-order valence-corrected chi connectivity index (χ2v) is 7.06. The Hall–Kier alpha value is -3.03. The Morgan fingerprint density at radius 1 is 1.26 bits per heavy atom. The number of nitrogens with one attached hydrogen (secondary N) is 1. The summed E-state index contributed by atoms with van der Waals surface area (Å²) in [5.74, 6) is 1.95. The van der Waals surface area contributed by atoms with Crippen molar-refractivity contribution in [3.8, 4) is 5.75 Å². The second-order valence-electron chi connectivity index (χ2n) is 7.06. The standard InChI is InChI=1S/C19H23N5O3/c1-5-22-17(25)15-16(21(3)19(22)26)20-18-23(10-12(2)11-24(15)18)13-6-8-14(27-4)9-7-13/h6-9,12H,5,10-11H2,1-4H3/p+1/t12-/m1/s1. The number of fused-ring (bicyclic) bond motifs is 3. The van der Waals surface area contributed by atoms with E-state index in [1.807, 2.05) is 35.8 Å². The van der Waals surface area contributed by atoms with Gasteiger partial charge in [-0.1, -0.05) is 6.92 Å². The molecular formula is C19H24N5O3+. The zero-order valence-electron chi connectivity index (χ0n) is 16.0. The molecule has 1 N–H and O–H groups in total. The van der Waals surface area contributed by atoms with E-state index < -0.39 is 0 Å². The fraction of sp³-hybridized carbons (Fsp3) is 0.421. The number of ether oxygens (including phenoxy) is 1. The Morgan fingerprint density at radius 2 is 1.96 bits per heavy atom. The van der Waals surface area contributed by atoms with E-state index in [9.17, 15) is 9.59 Å². The molecule has 8 heteroatoms. The first-order valence-electron chi connectivity index (χ1n) is 9.13. The van der Waals surface area contributed by atoms with Crippen molar-refractivity contribution in [2.75, 3.05) is 18.6 Å². The van der Waals surface area contributed by atoms with E-state index in [0.717, 1.165) is 30.5 Å². The molecule has 0 unspecified atom stereocenters. The first-order chi connectivity index (χ1) is 13.0. The molecule has 1 aromatic carbocycles. The van der Waals surface area contributed by atoms with Crippen LogP contribution < -0.4 is 25.5 Å². The maximum absolute atomic E-state index is 13.0. The molecule has 3 heterocycles. The topological polar surface area (TPSA) is 76.1 Å². The lowest BCUT2D eigenvalue weighted by molar-refractivity contribution is -0.669. The monoisotopic (exact) mass is 370 g/mol. The summed E-state index contributed by atoms with van der Waals surface area (Å²) in [5, 5.41) is 0. The summed E-state index contributed by atoms with van der Waals surface area (Å²) < 4.78 is 10.0. The van der Waals surface area contributed by atoms with Gasteiger partial charge in [0.15, 0.2) is 0 Å². The van der Waals surface area contributed by atoms with Crippen molar-refractivity contribution in [1.29, 1.82) is 0 Å². The Morgan fingerprint density at radius 3 is 2.59 bits per heavy atom. The first kappa shape index (κ1) is 17.4. The van der Waals surface area contributed by atoms with E-state index in [2.05, 4.69) is 16.8 Å². The van der Waals surface area contributed by atoms with Gasteiger partial charge in [0.2, 0.25) is 11.2 Å². The van der Waals surface area contributed by atoms with Crippen molar-refractivity contribution in [1.82, 2.24) is 14.1 Å². The van der Waals surface area contributed by atoms with Crippen molar-refractivity contribution < 1.29 is 9.30 Å². The van der Waals surface area contributed by atoms with Crippen molar-refractivity contribution in [2.45, 2.75) is 26.9 Å². The van der Waals surface area contributed by atoms with Crippen molar-refractivity contribution in [2.24, 2.45) is 13.0 Å². The summed E-state index contributed by atoms with van der Waals surface area (Å²) in [5.41, 5.74) is 1.54. The van der Waals surface area contributed by atoms with Gasteiger partial charge in [-0.15, -0.1) is 0 Å². The van der Waals surface area contributed by atoms with Crippen LogP contribution in [-0.2, 0) is 20.1 Å². The highest BCUT2D eigenvalue weighted by atomic mass is 16.5. The third kappa shape index (κ3) is 2.55. The summed E-state index contributed by atoms with van der Waals surface area (Å²) in [6.45, 7) is 5.85. The van der Waals surface area contributed by atoms with E-state index in [4.69, 9.17) is 4.74 Å². The predicted molar refractivity (Wildman–Crippen MR) is 103 cm³/mol.